The topological polar surface area (TPSA) is 114 Å². The van der Waals surface area contributed by atoms with Gasteiger partial charge < -0.3 is 16.0 Å². The zero-order valence-electron chi connectivity index (χ0n) is 28.2. The molecule has 0 aliphatic rings. The van der Waals surface area contributed by atoms with Crippen molar-refractivity contribution in [3.63, 3.8) is 0 Å². The average molecular weight is 728 g/mol. The average Bonchev–Trinajstić information content (AvgIpc) is 3.37. The highest BCUT2D eigenvalue weighted by atomic mass is 35.5. The molecule has 0 radical (unpaired) electrons. The Balaban J connectivity index is 1.25. The van der Waals surface area contributed by atoms with E-state index in [2.05, 4.69) is 16.0 Å². The Hall–Kier alpha value is -6.10. The number of rotatable bonds is 11. The van der Waals surface area contributed by atoms with Crippen molar-refractivity contribution in [1.29, 1.82) is 0 Å². The van der Waals surface area contributed by atoms with Crippen LogP contribution in [0.1, 0.15) is 32.4 Å². The molecule has 1 unspecified atom stereocenters. The minimum Gasteiger partial charge on any atom is -0.321 e. The number of nitrogens with one attached hydrogen (secondary N) is 3. The molecule has 3 N–H and O–H groups in total. The van der Waals surface area contributed by atoms with Gasteiger partial charge in [-0.2, -0.15) is 0 Å². The molecule has 0 saturated heterocycles. The molecular formula is C41H34ClN5O4S. The maximum absolute atomic E-state index is 14.0. The van der Waals surface area contributed by atoms with E-state index >= 15 is 0 Å². The van der Waals surface area contributed by atoms with Crippen LogP contribution in [0.25, 0.3) is 11.8 Å². The fourth-order valence-corrected chi connectivity index (χ4v) is 6.66. The van der Waals surface area contributed by atoms with Crippen LogP contribution in [0.15, 0.2) is 155 Å². The Morgan fingerprint density at radius 1 is 0.769 bits per heavy atom. The Labute approximate surface area is 309 Å². The number of thioether (sulfide) groups is 1. The highest BCUT2D eigenvalue weighted by molar-refractivity contribution is 8.00. The molecule has 1 heterocycles. The number of aromatic nitrogens is 2. The normalized spacial score (nSPS) is 11.8. The maximum atomic E-state index is 14.0. The van der Waals surface area contributed by atoms with Gasteiger partial charge in [-0.05, 0) is 78.7 Å². The van der Waals surface area contributed by atoms with Gasteiger partial charge in [0.2, 0.25) is 5.91 Å². The van der Waals surface area contributed by atoms with Crippen molar-refractivity contribution < 1.29 is 14.4 Å². The number of benzene rings is 5. The molecule has 1 aromatic heterocycles. The van der Waals surface area contributed by atoms with Gasteiger partial charge in [0.15, 0.2) is 0 Å². The van der Waals surface area contributed by atoms with Crippen LogP contribution in [0.5, 0.6) is 0 Å². The molecule has 0 saturated carbocycles. The standard InChI is InChI=1S/C41H34ClN5O4S/c1-27-36(41(51)47(46(27)2)33-18-10-5-11-19-33)45-40(50)37(29-13-6-3-7-14-29)52-34-20-12-17-32(26-34)43-39(49)35(25-28-21-23-31(42)24-22-28)44-38(48)30-15-8-4-9-16-30/h3-26,37H,1-2H3,(H,43,49)(H,44,48)(H,45,50)/b35-25+. The van der Waals surface area contributed by atoms with Gasteiger partial charge in [0.1, 0.15) is 16.6 Å². The molecular weight excluding hydrogens is 694 g/mol. The van der Waals surface area contributed by atoms with Gasteiger partial charge in [0.25, 0.3) is 17.4 Å². The van der Waals surface area contributed by atoms with E-state index < -0.39 is 17.1 Å². The molecule has 52 heavy (non-hydrogen) atoms. The third-order valence-electron chi connectivity index (χ3n) is 8.20. The number of nitrogens with zero attached hydrogens (tertiary/aromatic N) is 2. The maximum Gasteiger partial charge on any atom is 0.295 e. The zero-order valence-corrected chi connectivity index (χ0v) is 29.8. The fourth-order valence-electron chi connectivity index (χ4n) is 5.45. The first-order valence-electron chi connectivity index (χ1n) is 16.3. The molecule has 5 aromatic carbocycles. The summed E-state index contributed by atoms with van der Waals surface area (Å²) in [6, 6.07) is 41.0. The number of anilines is 2. The minimum atomic E-state index is -0.748. The third-order valence-corrected chi connectivity index (χ3v) is 9.70. The summed E-state index contributed by atoms with van der Waals surface area (Å²) in [5, 5.41) is 8.32. The van der Waals surface area contributed by atoms with Crippen LogP contribution >= 0.6 is 23.4 Å². The van der Waals surface area contributed by atoms with Crippen LogP contribution in [-0.4, -0.2) is 27.1 Å². The van der Waals surface area contributed by atoms with Crippen molar-refractivity contribution in [3.05, 3.63) is 183 Å². The summed E-state index contributed by atoms with van der Waals surface area (Å²) < 4.78 is 3.22. The van der Waals surface area contributed by atoms with Crippen molar-refractivity contribution >= 4 is 58.5 Å². The van der Waals surface area contributed by atoms with E-state index in [-0.39, 0.29) is 22.9 Å². The molecule has 0 bridgehead atoms. The predicted molar refractivity (Wildman–Crippen MR) is 208 cm³/mol. The Kier molecular flexibility index (Phi) is 11.2. The predicted octanol–water partition coefficient (Wildman–Crippen LogP) is 8.02. The summed E-state index contributed by atoms with van der Waals surface area (Å²) in [5.74, 6) is -1.37. The van der Waals surface area contributed by atoms with Crippen LogP contribution in [0, 0.1) is 6.92 Å². The number of carbonyl (C=O) groups excluding carboxylic acids is 3. The highest BCUT2D eigenvalue weighted by Gasteiger charge is 2.26. The first kappa shape index (κ1) is 35.7. The molecule has 0 aliphatic heterocycles. The van der Waals surface area contributed by atoms with E-state index in [1.54, 1.807) is 97.5 Å². The summed E-state index contributed by atoms with van der Waals surface area (Å²) >= 11 is 7.34. The lowest BCUT2D eigenvalue weighted by molar-refractivity contribution is -0.116. The Morgan fingerprint density at radius 3 is 2.08 bits per heavy atom. The smallest absolute Gasteiger partial charge is 0.295 e. The van der Waals surface area contributed by atoms with Crippen molar-refractivity contribution in [2.24, 2.45) is 7.05 Å². The number of halogens is 1. The monoisotopic (exact) mass is 727 g/mol. The minimum absolute atomic E-state index is 0.0233. The third kappa shape index (κ3) is 8.43. The van der Waals surface area contributed by atoms with Crippen LogP contribution in [-0.2, 0) is 16.6 Å². The molecule has 9 nitrogen and oxygen atoms in total. The summed E-state index contributed by atoms with van der Waals surface area (Å²) in [4.78, 5) is 55.1. The molecule has 11 heteroatoms. The number of amides is 3. The summed E-state index contributed by atoms with van der Waals surface area (Å²) in [5.41, 5.74) is 3.38. The fraction of sp³-hybridized carbons (Fsp3) is 0.0732. The molecule has 1 atom stereocenters. The van der Waals surface area contributed by atoms with Crippen molar-refractivity contribution in [2.75, 3.05) is 10.6 Å². The van der Waals surface area contributed by atoms with Crippen molar-refractivity contribution in [2.45, 2.75) is 17.1 Å². The van der Waals surface area contributed by atoms with Gasteiger partial charge in [-0.3, -0.25) is 23.9 Å². The number of hydrogen-bond acceptors (Lipinski definition) is 5. The number of hydrogen-bond donors (Lipinski definition) is 3. The quantitative estimate of drug-likeness (QED) is 0.0924. The summed E-state index contributed by atoms with van der Waals surface area (Å²) in [6.45, 7) is 1.78. The molecule has 6 rings (SSSR count). The van der Waals surface area contributed by atoms with E-state index in [0.29, 0.717) is 38.1 Å². The lowest BCUT2D eigenvalue weighted by Gasteiger charge is -2.17. The van der Waals surface area contributed by atoms with Gasteiger partial charge in [-0.1, -0.05) is 96.5 Å². The molecule has 6 aromatic rings. The van der Waals surface area contributed by atoms with Crippen LogP contribution in [0.3, 0.4) is 0 Å². The lowest BCUT2D eigenvalue weighted by Crippen LogP contribution is -2.30. The SMILES string of the molecule is Cc1c(NC(=O)C(Sc2cccc(NC(=O)/C(=C\c3ccc(Cl)cc3)NC(=O)c3ccccc3)c2)c2ccccc2)c(=O)n(-c2ccccc2)n1C. The van der Waals surface area contributed by atoms with E-state index in [1.165, 1.54) is 16.4 Å². The first-order chi connectivity index (χ1) is 25.2. The first-order valence-corrected chi connectivity index (χ1v) is 17.6. The van der Waals surface area contributed by atoms with Crippen molar-refractivity contribution in [1.82, 2.24) is 14.7 Å². The van der Waals surface area contributed by atoms with Gasteiger partial charge in [-0.15, -0.1) is 11.8 Å². The van der Waals surface area contributed by atoms with Crippen LogP contribution < -0.4 is 21.5 Å². The highest BCUT2D eigenvalue weighted by Crippen LogP contribution is 2.37. The Morgan fingerprint density at radius 2 is 1.40 bits per heavy atom. The Bertz CT molecular complexity index is 2310. The second-order valence-corrected chi connectivity index (χ2v) is 13.4. The van der Waals surface area contributed by atoms with E-state index in [0.717, 1.165) is 5.56 Å². The van der Waals surface area contributed by atoms with Crippen molar-refractivity contribution in [3.8, 4) is 5.69 Å². The van der Waals surface area contributed by atoms with Crippen LogP contribution in [0.2, 0.25) is 5.02 Å². The zero-order chi connectivity index (χ0) is 36.6. The van der Waals surface area contributed by atoms with Gasteiger partial charge in [0, 0.05) is 28.2 Å². The largest absolute Gasteiger partial charge is 0.321 e. The molecule has 0 fully saturated rings. The van der Waals surface area contributed by atoms with E-state index in [1.807, 2.05) is 66.7 Å². The van der Waals surface area contributed by atoms with Crippen LogP contribution in [0.4, 0.5) is 11.4 Å². The number of para-hydroxylation sites is 1. The molecule has 0 aliphatic carbocycles. The van der Waals surface area contributed by atoms with E-state index in [4.69, 9.17) is 11.6 Å². The van der Waals surface area contributed by atoms with Gasteiger partial charge >= 0.3 is 0 Å². The molecule has 3 amide bonds. The second-order valence-electron chi connectivity index (χ2n) is 11.7. The second kappa shape index (κ2) is 16.3. The molecule has 260 valence electrons. The molecule has 0 spiro atoms. The van der Waals surface area contributed by atoms with E-state index in [9.17, 15) is 19.2 Å². The van der Waals surface area contributed by atoms with Gasteiger partial charge in [0.05, 0.1) is 11.4 Å². The number of carbonyl (C=O) groups is 3. The summed E-state index contributed by atoms with van der Waals surface area (Å²) in [6.07, 6.45) is 1.57. The van der Waals surface area contributed by atoms with Gasteiger partial charge in [-0.25, -0.2) is 4.68 Å². The summed E-state index contributed by atoms with van der Waals surface area (Å²) in [7, 11) is 1.77. The lowest BCUT2D eigenvalue weighted by atomic mass is 10.1.